The Labute approximate surface area is 99.7 Å². The molecule has 1 aromatic heterocycles. The van der Waals surface area contributed by atoms with Crippen LogP contribution in [0.4, 0.5) is 0 Å². The van der Waals surface area contributed by atoms with Gasteiger partial charge in [-0.3, -0.25) is 0 Å². The van der Waals surface area contributed by atoms with Crippen molar-refractivity contribution < 1.29 is 0 Å². The van der Waals surface area contributed by atoms with Crippen LogP contribution in [-0.4, -0.2) is 11.5 Å². The molecule has 1 aromatic carbocycles. The fraction of sp³-hybridized carbons (Fsp3) is 0.462. The molecule has 2 nitrogen and oxygen atoms in total. The maximum atomic E-state index is 4.79. The fourth-order valence-electron chi connectivity index (χ4n) is 2.31. The number of benzene rings is 1. The molecule has 1 fully saturated rings. The number of piperidine rings is 1. The van der Waals surface area contributed by atoms with Crippen LogP contribution in [0.5, 0.6) is 0 Å². The van der Waals surface area contributed by atoms with Crippen molar-refractivity contribution in [2.24, 2.45) is 0 Å². The van der Waals surface area contributed by atoms with E-state index in [9.17, 15) is 0 Å². The lowest BCUT2D eigenvalue weighted by molar-refractivity contribution is 0.411. The van der Waals surface area contributed by atoms with E-state index in [1.54, 1.807) is 0 Å². The number of hydrogen-bond acceptors (Lipinski definition) is 3. The van der Waals surface area contributed by atoms with E-state index in [-0.39, 0.29) is 0 Å². The van der Waals surface area contributed by atoms with Gasteiger partial charge >= 0.3 is 0 Å². The number of fused-ring (bicyclic) bond motifs is 1. The van der Waals surface area contributed by atoms with Crippen molar-refractivity contribution in [3.63, 3.8) is 0 Å². The molecule has 1 N–H and O–H groups in total. The Balaban J connectivity index is 2.01. The molecule has 16 heavy (non-hydrogen) atoms. The Morgan fingerprint density at radius 2 is 2.31 bits per heavy atom. The third-order valence-corrected chi connectivity index (χ3v) is 4.38. The molecule has 1 saturated heterocycles. The number of aromatic nitrogens is 1. The summed E-state index contributed by atoms with van der Waals surface area (Å²) in [6.07, 6.45) is 3.87. The summed E-state index contributed by atoms with van der Waals surface area (Å²) in [7, 11) is 0. The van der Waals surface area contributed by atoms with Crippen LogP contribution in [0.15, 0.2) is 18.2 Å². The number of thiazole rings is 1. The molecule has 3 rings (SSSR count). The minimum absolute atomic E-state index is 0.491. The summed E-state index contributed by atoms with van der Waals surface area (Å²) in [5, 5.41) is 4.83. The fourth-order valence-corrected chi connectivity index (χ4v) is 3.47. The highest BCUT2D eigenvalue weighted by Crippen LogP contribution is 2.31. The second kappa shape index (κ2) is 4.15. The molecular weight excluding hydrogens is 216 g/mol. The maximum Gasteiger partial charge on any atom is 0.111 e. The van der Waals surface area contributed by atoms with Gasteiger partial charge in [-0.1, -0.05) is 18.6 Å². The molecule has 84 valence electrons. The second-order valence-corrected chi connectivity index (χ2v) is 5.54. The van der Waals surface area contributed by atoms with Crippen LogP contribution in [0.2, 0.25) is 0 Å². The average Bonchev–Trinajstić information content (AvgIpc) is 2.76. The smallest absolute Gasteiger partial charge is 0.111 e. The van der Waals surface area contributed by atoms with E-state index in [2.05, 4.69) is 30.4 Å². The van der Waals surface area contributed by atoms with Crippen LogP contribution in [0.25, 0.3) is 10.2 Å². The normalized spacial score (nSPS) is 21.4. The number of rotatable bonds is 1. The van der Waals surface area contributed by atoms with Crippen LogP contribution >= 0.6 is 11.3 Å². The summed E-state index contributed by atoms with van der Waals surface area (Å²) < 4.78 is 1.32. The molecule has 2 aromatic rings. The minimum Gasteiger partial charge on any atom is -0.308 e. The standard InChI is InChI=1S/C13H16N2S/c1-9-5-4-7-11-12(9)15-13(16-11)10-6-2-3-8-14-10/h4-5,7,10,14H,2-3,6,8H2,1H3. The summed E-state index contributed by atoms with van der Waals surface area (Å²) >= 11 is 1.84. The van der Waals surface area contributed by atoms with E-state index in [1.807, 2.05) is 11.3 Å². The first kappa shape index (κ1) is 10.2. The highest BCUT2D eigenvalue weighted by Gasteiger charge is 2.18. The monoisotopic (exact) mass is 232 g/mol. The van der Waals surface area contributed by atoms with Crippen LogP contribution in [0.1, 0.15) is 35.9 Å². The third-order valence-electron chi connectivity index (χ3n) is 3.25. The van der Waals surface area contributed by atoms with Crippen molar-refractivity contribution in [2.45, 2.75) is 32.2 Å². The first-order chi connectivity index (χ1) is 7.84. The van der Waals surface area contributed by atoms with Gasteiger partial charge in [0.15, 0.2) is 0 Å². The van der Waals surface area contributed by atoms with E-state index < -0.39 is 0 Å². The lowest BCUT2D eigenvalue weighted by atomic mass is 10.1. The van der Waals surface area contributed by atoms with E-state index >= 15 is 0 Å². The number of aryl methyl sites for hydroxylation is 1. The van der Waals surface area contributed by atoms with Crippen molar-refractivity contribution in [1.29, 1.82) is 0 Å². The van der Waals surface area contributed by atoms with E-state index in [1.165, 1.54) is 40.1 Å². The Hall–Kier alpha value is -0.930. The SMILES string of the molecule is Cc1cccc2sc(C3CCCCN3)nc12. The van der Waals surface area contributed by atoms with Crippen molar-refractivity contribution in [3.8, 4) is 0 Å². The molecule has 2 heterocycles. The van der Waals surface area contributed by atoms with Crippen molar-refractivity contribution >= 4 is 21.6 Å². The van der Waals surface area contributed by atoms with Crippen molar-refractivity contribution in [3.05, 3.63) is 28.8 Å². The van der Waals surface area contributed by atoms with Gasteiger partial charge in [0.1, 0.15) is 5.01 Å². The summed E-state index contributed by atoms with van der Waals surface area (Å²) in [5.74, 6) is 0. The maximum absolute atomic E-state index is 4.79. The van der Waals surface area contributed by atoms with Crippen LogP contribution < -0.4 is 5.32 Å². The van der Waals surface area contributed by atoms with Gasteiger partial charge in [-0.15, -0.1) is 11.3 Å². The average molecular weight is 232 g/mol. The third kappa shape index (κ3) is 1.74. The molecule has 3 heteroatoms. The van der Waals surface area contributed by atoms with Gasteiger partial charge in [0.05, 0.1) is 16.3 Å². The van der Waals surface area contributed by atoms with Gasteiger partial charge in [0, 0.05) is 0 Å². The first-order valence-corrected chi connectivity index (χ1v) is 6.76. The van der Waals surface area contributed by atoms with Crippen molar-refractivity contribution in [1.82, 2.24) is 10.3 Å². The summed E-state index contributed by atoms with van der Waals surface area (Å²) in [5.41, 5.74) is 2.48. The zero-order chi connectivity index (χ0) is 11.0. The number of nitrogens with one attached hydrogen (secondary N) is 1. The van der Waals surface area contributed by atoms with Crippen LogP contribution in [0.3, 0.4) is 0 Å². The molecule has 0 radical (unpaired) electrons. The Morgan fingerprint density at radius 1 is 1.38 bits per heavy atom. The molecule has 0 aliphatic carbocycles. The lowest BCUT2D eigenvalue weighted by Crippen LogP contribution is -2.26. The molecule has 1 aliphatic heterocycles. The Bertz CT molecular complexity index is 498. The lowest BCUT2D eigenvalue weighted by Gasteiger charge is -2.20. The summed E-state index contributed by atoms with van der Waals surface area (Å²) in [4.78, 5) is 4.79. The molecule has 0 saturated carbocycles. The molecule has 1 atom stereocenters. The Morgan fingerprint density at radius 3 is 3.06 bits per heavy atom. The van der Waals surface area contributed by atoms with Gasteiger partial charge in [-0.25, -0.2) is 4.98 Å². The molecule has 1 unspecified atom stereocenters. The minimum atomic E-state index is 0.491. The van der Waals surface area contributed by atoms with Gasteiger partial charge in [0.25, 0.3) is 0 Å². The quantitative estimate of drug-likeness (QED) is 0.815. The van der Waals surface area contributed by atoms with Crippen LogP contribution in [-0.2, 0) is 0 Å². The Kier molecular flexibility index (Phi) is 2.65. The van der Waals surface area contributed by atoms with Crippen molar-refractivity contribution in [2.75, 3.05) is 6.54 Å². The van der Waals surface area contributed by atoms with Crippen LogP contribution in [0, 0.1) is 6.92 Å². The number of hydrogen-bond donors (Lipinski definition) is 1. The second-order valence-electron chi connectivity index (χ2n) is 4.48. The van der Waals surface area contributed by atoms with Gasteiger partial charge in [-0.2, -0.15) is 0 Å². The predicted molar refractivity (Wildman–Crippen MR) is 69.0 cm³/mol. The molecule has 0 bridgehead atoms. The molecular formula is C13H16N2S. The highest BCUT2D eigenvalue weighted by atomic mass is 32.1. The predicted octanol–water partition coefficient (Wildman–Crippen LogP) is 3.42. The van der Waals surface area contributed by atoms with E-state index in [0.717, 1.165) is 6.54 Å². The summed E-state index contributed by atoms with van der Waals surface area (Å²) in [6, 6.07) is 6.92. The first-order valence-electron chi connectivity index (χ1n) is 5.94. The number of para-hydroxylation sites is 1. The largest absolute Gasteiger partial charge is 0.308 e. The number of nitrogens with zero attached hydrogens (tertiary/aromatic N) is 1. The molecule has 0 spiro atoms. The zero-order valence-corrected chi connectivity index (χ0v) is 10.3. The molecule has 1 aliphatic rings. The topological polar surface area (TPSA) is 24.9 Å². The highest BCUT2D eigenvalue weighted by molar-refractivity contribution is 7.18. The van der Waals surface area contributed by atoms with Gasteiger partial charge in [-0.05, 0) is 37.9 Å². The molecule has 0 amide bonds. The van der Waals surface area contributed by atoms with E-state index in [4.69, 9.17) is 4.98 Å². The van der Waals surface area contributed by atoms with Gasteiger partial charge < -0.3 is 5.32 Å². The summed E-state index contributed by atoms with van der Waals surface area (Å²) in [6.45, 7) is 3.28. The van der Waals surface area contributed by atoms with E-state index in [0.29, 0.717) is 6.04 Å². The zero-order valence-electron chi connectivity index (χ0n) is 9.49. The van der Waals surface area contributed by atoms with Gasteiger partial charge in [0.2, 0.25) is 0 Å².